The van der Waals surface area contributed by atoms with E-state index < -0.39 is 104 Å². The Morgan fingerprint density at radius 1 is 0.855 bits per heavy atom. The SMILES string of the molecule is CCC1CC(C(=O)CCCCCCCN)C[C@@H](O[C@@H]2O[C@@H](CO)[C@H](O)C(O[C@@H](CC3CCCCC3)C(=O)O)C2NC(C)=O)[C@@H]1O[C@@H]1OC(C)[C@@H](O)[C@H](O)C1O. The smallest absolute Gasteiger partial charge is 0.332 e. The van der Waals surface area contributed by atoms with Gasteiger partial charge in [-0.15, -0.1) is 0 Å². The lowest BCUT2D eigenvalue weighted by Gasteiger charge is -2.49. The number of carbonyl (C=O) groups excluding carboxylic acids is 2. The van der Waals surface area contributed by atoms with Crippen LogP contribution in [0.2, 0.25) is 0 Å². The number of carboxylic acid groups (broad SMARTS) is 1. The van der Waals surface area contributed by atoms with Crippen LogP contribution in [0, 0.1) is 17.8 Å². The highest BCUT2D eigenvalue weighted by Gasteiger charge is 2.52. The van der Waals surface area contributed by atoms with E-state index in [1.165, 1.54) is 6.92 Å². The molecule has 2 aliphatic carbocycles. The fourth-order valence-electron chi connectivity index (χ4n) is 8.80. The largest absolute Gasteiger partial charge is 0.479 e. The van der Waals surface area contributed by atoms with Crippen molar-refractivity contribution in [3.8, 4) is 0 Å². The summed E-state index contributed by atoms with van der Waals surface area (Å²) in [5.41, 5.74) is 5.62. The zero-order valence-corrected chi connectivity index (χ0v) is 32.8. The molecular formula is C39H68N2O14. The molecule has 1 amide bonds. The van der Waals surface area contributed by atoms with Gasteiger partial charge in [-0.1, -0.05) is 64.7 Å². The molecule has 0 spiro atoms. The number of ether oxygens (including phenoxy) is 5. The lowest BCUT2D eigenvalue weighted by atomic mass is 9.74. The van der Waals surface area contributed by atoms with Gasteiger partial charge in [-0.2, -0.15) is 0 Å². The van der Waals surface area contributed by atoms with Gasteiger partial charge in [-0.05, 0) is 57.4 Å². The average molecular weight is 789 g/mol. The molecule has 2 heterocycles. The van der Waals surface area contributed by atoms with Crippen LogP contribution < -0.4 is 11.1 Å². The predicted octanol–water partition coefficient (Wildman–Crippen LogP) is 1.28. The van der Waals surface area contributed by atoms with Crippen LogP contribution in [0.15, 0.2) is 0 Å². The molecule has 318 valence electrons. The van der Waals surface area contributed by atoms with Crippen LogP contribution in [0.4, 0.5) is 0 Å². The molecule has 55 heavy (non-hydrogen) atoms. The van der Waals surface area contributed by atoms with E-state index in [4.69, 9.17) is 29.4 Å². The summed E-state index contributed by atoms with van der Waals surface area (Å²) in [6.45, 7) is 4.68. The van der Waals surface area contributed by atoms with Crippen LogP contribution in [0.5, 0.6) is 0 Å². The number of amides is 1. The maximum Gasteiger partial charge on any atom is 0.332 e. The van der Waals surface area contributed by atoms with E-state index in [9.17, 15) is 45.0 Å². The van der Waals surface area contributed by atoms with Gasteiger partial charge in [0.05, 0.1) is 24.9 Å². The number of rotatable bonds is 20. The molecule has 2 saturated heterocycles. The molecule has 6 unspecified atom stereocenters. The first-order valence-electron chi connectivity index (χ1n) is 20.6. The van der Waals surface area contributed by atoms with E-state index in [-0.39, 0.29) is 30.5 Å². The minimum atomic E-state index is -1.61. The van der Waals surface area contributed by atoms with Crippen LogP contribution in [0.3, 0.4) is 0 Å². The van der Waals surface area contributed by atoms with Crippen LogP contribution in [0.1, 0.15) is 117 Å². The van der Waals surface area contributed by atoms with E-state index in [0.29, 0.717) is 25.8 Å². The first-order valence-corrected chi connectivity index (χ1v) is 20.6. The van der Waals surface area contributed by atoms with Gasteiger partial charge < -0.3 is 65.4 Å². The predicted molar refractivity (Wildman–Crippen MR) is 197 cm³/mol. The number of carboxylic acids is 1. The number of hydrogen-bond acceptors (Lipinski definition) is 14. The van der Waals surface area contributed by atoms with Crippen molar-refractivity contribution >= 4 is 17.7 Å². The second-order valence-electron chi connectivity index (χ2n) is 16.2. The Morgan fingerprint density at radius 2 is 1.55 bits per heavy atom. The fraction of sp³-hybridized carbons (Fsp3) is 0.923. The lowest BCUT2D eigenvalue weighted by Crippen LogP contribution is -2.67. The number of unbranched alkanes of at least 4 members (excludes halogenated alkanes) is 4. The van der Waals surface area contributed by atoms with Gasteiger partial charge in [0, 0.05) is 19.3 Å². The molecule has 4 fully saturated rings. The Bertz CT molecular complexity index is 1190. The first-order chi connectivity index (χ1) is 26.3. The number of aliphatic hydroxyl groups is 5. The minimum absolute atomic E-state index is 0.0605. The van der Waals surface area contributed by atoms with Gasteiger partial charge in [-0.3, -0.25) is 9.59 Å². The molecule has 0 aromatic rings. The zero-order chi connectivity index (χ0) is 40.2. The summed E-state index contributed by atoms with van der Waals surface area (Å²) in [7, 11) is 0. The van der Waals surface area contributed by atoms with Crippen LogP contribution in [0.25, 0.3) is 0 Å². The topological polar surface area (TPSA) is 257 Å². The van der Waals surface area contributed by atoms with Gasteiger partial charge in [-0.25, -0.2) is 4.79 Å². The second kappa shape index (κ2) is 22.4. The standard InChI is InChI=1S/C39H68N2O14/c1-4-24-18-25(26(44)15-11-6-5-7-12-16-40)19-27(35(24)55-39-34(48)33(47)31(45)21(2)51-39)53-38-30(41-22(3)43)36(32(46)29(20-42)54-38)52-28(37(49)50)17-23-13-9-8-10-14-23/h21,23-25,27-36,38-39,42,45-48H,4-20,40H2,1-3H3,(H,41,43)(H,49,50)/t21?,24?,25?,27-,28+,29+,30?,31-,32+,33+,34?,35-,36?,38-,39+/m1/s1. The molecular weight excluding hydrogens is 720 g/mol. The number of Topliss-reactive ketones (excluding diaryl/α,β-unsaturated/α-hetero) is 1. The van der Waals surface area contributed by atoms with Gasteiger partial charge in [0.25, 0.3) is 0 Å². The Kier molecular flexibility index (Phi) is 18.6. The summed E-state index contributed by atoms with van der Waals surface area (Å²) < 4.78 is 31.2. The molecule has 0 aromatic carbocycles. The highest BCUT2D eigenvalue weighted by atomic mass is 16.7. The molecule has 4 rings (SSSR count). The van der Waals surface area contributed by atoms with Gasteiger partial charge in [0.2, 0.25) is 5.91 Å². The Morgan fingerprint density at radius 3 is 2.18 bits per heavy atom. The lowest BCUT2D eigenvalue weighted by molar-refractivity contribution is -0.338. The van der Waals surface area contributed by atoms with E-state index in [1.54, 1.807) is 6.92 Å². The molecule has 16 heteroatoms. The minimum Gasteiger partial charge on any atom is -0.479 e. The van der Waals surface area contributed by atoms with Crippen LogP contribution in [-0.4, -0.2) is 141 Å². The number of nitrogens with two attached hydrogens (primary N) is 1. The molecule has 4 aliphatic rings. The van der Waals surface area contributed by atoms with Crippen molar-refractivity contribution < 1.29 is 68.7 Å². The van der Waals surface area contributed by atoms with E-state index >= 15 is 0 Å². The Hall–Kier alpha value is -1.83. The van der Waals surface area contributed by atoms with E-state index in [2.05, 4.69) is 5.32 Å². The normalized spacial score (nSPS) is 38.0. The summed E-state index contributed by atoms with van der Waals surface area (Å²) in [4.78, 5) is 39.0. The van der Waals surface area contributed by atoms with Crippen molar-refractivity contribution in [3.63, 3.8) is 0 Å². The number of nitrogens with one attached hydrogen (secondary N) is 1. The number of aliphatic hydroxyl groups excluding tert-OH is 5. The maximum atomic E-state index is 13.7. The van der Waals surface area contributed by atoms with Crippen molar-refractivity contribution in [1.82, 2.24) is 5.32 Å². The molecule has 0 bridgehead atoms. The zero-order valence-electron chi connectivity index (χ0n) is 32.8. The third kappa shape index (κ3) is 12.6. The third-order valence-electron chi connectivity index (χ3n) is 12.0. The number of ketones is 1. The molecule has 16 nitrogen and oxygen atoms in total. The first kappa shape index (κ1) is 45.9. The third-order valence-corrected chi connectivity index (χ3v) is 12.0. The summed E-state index contributed by atoms with van der Waals surface area (Å²) in [5, 5.41) is 66.5. The number of carbonyl (C=O) groups is 3. The maximum absolute atomic E-state index is 13.7. The summed E-state index contributed by atoms with van der Waals surface area (Å²) in [5.74, 6) is -2.34. The van der Waals surface area contributed by atoms with Gasteiger partial charge in [0.15, 0.2) is 18.7 Å². The molecule has 0 radical (unpaired) electrons. The molecule has 0 aromatic heterocycles. The number of hydrogen-bond donors (Lipinski definition) is 8. The van der Waals surface area contributed by atoms with Gasteiger partial charge >= 0.3 is 5.97 Å². The van der Waals surface area contributed by atoms with E-state index in [0.717, 1.165) is 64.2 Å². The molecule has 9 N–H and O–H groups in total. The Balaban J connectivity index is 1.63. The summed E-state index contributed by atoms with van der Waals surface area (Å²) in [6.07, 6.45) is -4.49. The highest BCUT2D eigenvalue weighted by Crippen LogP contribution is 2.40. The monoisotopic (exact) mass is 788 g/mol. The van der Waals surface area contributed by atoms with Crippen molar-refractivity contribution in [2.24, 2.45) is 23.5 Å². The van der Waals surface area contributed by atoms with Crippen molar-refractivity contribution in [2.45, 2.75) is 197 Å². The van der Waals surface area contributed by atoms with Crippen molar-refractivity contribution in [2.75, 3.05) is 13.2 Å². The summed E-state index contributed by atoms with van der Waals surface area (Å²) >= 11 is 0. The number of aliphatic carboxylic acids is 1. The van der Waals surface area contributed by atoms with Crippen molar-refractivity contribution in [1.29, 1.82) is 0 Å². The highest BCUT2D eigenvalue weighted by molar-refractivity contribution is 5.81. The fourth-order valence-corrected chi connectivity index (χ4v) is 8.80. The van der Waals surface area contributed by atoms with Gasteiger partial charge in [0.1, 0.15) is 48.4 Å². The van der Waals surface area contributed by atoms with E-state index in [1.807, 2.05) is 6.92 Å². The Labute approximate surface area is 324 Å². The molecule has 2 aliphatic heterocycles. The average Bonchev–Trinajstić information content (AvgIpc) is 3.16. The summed E-state index contributed by atoms with van der Waals surface area (Å²) in [6, 6.07) is -1.25. The van der Waals surface area contributed by atoms with Crippen molar-refractivity contribution in [3.05, 3.63) is 0 Å². The second-order valence-corrected chi connectivity index (χ2v) is 16.2. The van der Waals surface area contributed by atoms with Crippen LogP contribution in [-0.2, 0) is 38.1 Å². The quantitative estimate of drug-likeness (QED) is 0.0809. The van der Waals surface area contributed by atoms with Crippen LogP contribution >= 0.6 is 0 Å². The molecule has 15 atom stereocenters. The molecule has 2 saturated carbocycles.